The van der Waals surface area contributed by atoms with E-state index in [1.54, 1.807) is 20.8 Å². The van der Waals surface area contributed by atoms with E-state index in [-0.39, 0.29) is 25.4 Å². The van der Waals surface area contributed by atoms with E-state index in [0.717, 1.165) is 0 Å². The van der Waals surface area contributed by atoms with Gasteiger partial charge in [0.15, 0.2) is 0 Å². The lowest BCUT2D eigenvalue weighted by Gasteiger charge is -2.30. The minimum Gasteiger partial charge on any atom is -0.469 e. The Morgan fingerprint density at radius 1 is 1.00 bits per heavy atom. The fourth-order valence-electron chi connectivity index (χ4n) is 2.59. The zero-order valence-corrected chi connectivity index (χ0v) is 16.8. The molecule has 0 radical (unpaired) electrons. The van der Waals surface area contributed by atoms with Crippen molar-refractivity contribution >= 4 is 17.8 Å². The number of esters is 2. The van der Waals surface area contributed by atoms with Gasteiger partial charge in [0, 0.05) is 13.0 Å². The zero-order chi connectivity index (χ0) is 21.5. The Kier molecular flexibility index (Phi) is 9.28. The fraction of sp³-hybridized carbons (Fsp3) is 0.833. The van der Waals surface area contributed by atoms with Crippen LogP contribution in [0, 0.1) is 11.3 Å². The number of carbonyl (C=O) groups excluding carboxylic acids is 3. The number of hydrogen-bond donors (Lipinski definition) is 1. The number of hydrogen-bond acceptors (Lipinski definition) is 5. The smallest absolute Gasteiger partial charge is 0.469 e. The number of alkyl halides is 3. The molecule has 0 bridgehead atoms. The predicted molar refractivity (Wildman–Crippen MR) is 92.7 cm³/mol. The highest BCUT2D eigenvalue weighted by Crippen LogP contribution is 2.32. The lowest BCUT2D eigenvalue weighted by atomic mass is 9.78. The molecule has 0 rings (SSSR count). The molecular formula is C18H30F3NO5. The molecule has 27 heavy (non-hydrogen) atoms. The van der Waals surface area contributed by atoms with Crippen LogP contribution in [0.2, 0.25) is 0 Å². The Labute approximate surface area is 158 Å². The van der Waals surface area contributed by atoms with E-state index in [2.05, 4.69) is 4.74 Å². The molecule has 0 unspecified atom stereocenters. The number of ether oxygens (including phenoxy) is 2. The van der Waals surface area contributed by atoms with E-state index in [0.29, 0.717) is 12.8 Å². The Hall–Kier alpha value is -1.80. The highest BCUT2D eigenvalue weighted by Gasteiger charge is 2.39. The van der Waals surface area contributed by atoms with Crippen molar-refractivity contribution in [2.75, 3.05) is 13.7 Å². The van der Waals surface area contributed by atoms with Gasteiger partial charge in [-0.25, -0.2) is 0 Å². The normalized spacial score (nSPS) is 13.7. The van der Waals surface area contributed by atoms with Crippen LogP contribution in [0.15, 0.2) is 0 Å². The van der Waals surface area contributed by atoms with E-state index in [9.17, 15) is 27.6 Å². The van der Waals surface area contributed by atoms with Gasteiger partial charge in [-0.15, -0.1) is 0 Å². The zero-order valence-electron chi connectivity index (χ0n) is 16.8. The predicted octanol–water partition coefficient (Wildman–Crippen LogP) is 3.38. The van der Waals surface area contributed by atoms with Gasteiger partial charge in [-0.2, -0.15) is 13.2 Å². The van der Waals surface area contributed by atoms with E-state index >= 15 is 0 Å². The third-order valence-electron chi connectivity index (χ3n) is 3.76. The van der Waals surface area contributed by atoms with Crippen LogP contribution >= 0.6 is 0 Å². The maximum Gasteiger partial charge on any atom is 0.471 e. The summed E-state index contributed by atoms with van der Waals surface area (Å²) in [6, 6.07) is 0. The van der Waals surface area contributed by atoms with Crippen molar-refractivity contribution in [1.29, 1.82) is 0 Å². The van der Waals surface area contributed by atoms with E-state index in [4.69, 9.17) is 4.74 Å². The highest BCUT2D eigenvalue weighted by molar-refractivity contribution is 5.81. The molecule has 0 aromatic rings. The number of rotatable bonds is 9. The maximum absolute atomic E-state index is 12.4. The Bertz CT molecular complexity index is 524. The summed E-state index contributed by atoms with van der Waals surface area (Å²) in [5.74, 6) is -3.56. The topological polar surface area (TPSA) is 81.7 Å². The minimum absolute atomic E-state index is 0.134. The second kappa shape index (κ2) is 9.94. The molecule has 158 valence electrons. The molecule has 0 heterocycles. The third kappa shape index (κ3) is 12.3. The van der Waals surface area contributed by atoms with Crippen LogP contribution in [0.25, 0.3) is 0 Å². The van der Waals surface area contributed by atoms with Gasteiger partial charge in [-0.05, 0) is 44.9 Å². The second-order valence-corrected chi connectivity index (χ2v) is 8.31. The lowest BCUT2D eigenvalue weighted by molar-refractivity contribution is -0.173. The van der Waals surface area contributed by atoms with Crippen molar-refractivity contribution in [2.24, 2.45) is 11.3 Å². The molecule has 0 fully saturated rings. The molecule has 0 saturated heterocycles. The Morgan fingerprint density at radius 2 is 1.56 bits per heavy atom. The largest absolute Gasteiger partial charge is 0.471 e. The number of nitrogens with one attached hydrogen (secondary N) is 1. The summed E-state index contributed by atoms with van der Waals surface area (Å²) in [4.78, 5) is 34.4. The van der Waals surface area contributed by atoms with Crippen LogP contribution in [0.4, 0.5) is 13.2 Å². The van der Waals surface area contributed by atoms with Crippen molar-refractivity contribution in [3.8, 4) is 0 Å². The van der Waals surface area contributed by atoms with Crippen LogP contribution in [-0.4, -0.2) is 43.3 Å². The molecule has 6 nitrogen and oxygen atoms in total. The first-order chi connectivity index (χ1) is 12.1. The summed E-state index contributed by atoms with van der Waals surface area (Å²) >= 11 is 0. The van der Waals surface area contributed by atoms with Gasteiger partial charge >= 0.3 is 24.0 Å². The van der Waals surface area contributed by atoms with Crippen molar-refractivity contribution in [2.45, 2.75) is 72.1 Å². The summed E-state index contributed by atoms with van der Waals surface area (Å²) < 4.78 is 46.9. The molecule has 0 spiro atoms. The van der Waals surface area contributed by atoms with E-state index in [1.165, 1.54) is 7.11 Å². The number of carbonyl (C=O) groups is 3. The van der Waals surface area contributed by atoms with Gasteiger partial charge in [-0.1, -0.05) is 13.8 Å². The van der Waals surface area contributed by atoms with Crippen molar-refractivity contribution in [3.05, 3.63) is 0 Å². The van der Waals surface area contributed by atoms with E-state index < -0.39 is 35.0 Å². The number of methoxy groups -OCH3 is 1. The van der Waals surface area contributed by atoms with Gasteiger partial charge in [0.25, 0.3) is 0 Å². The van der Waals surface area contributed by atoms with Crippen LogP contribution in [0.3, 0.4) is 0 Å². The van der Waals surface area contributed by atoms with Crippen LogP contribution in [0.5, 0.6) is 0 Å². The summed E-state index contributed by atoms with van der Waals surface area (Å²) in [7, 11) is 1.18. The number of halogens is 3. The molecule has 9 heteroatoms. The molecule has 1 atom stereocenters. The molecule has 1 N–H and O–H groups in total. The van der Waals surface area contributed by atoms with E-state index in [1.807, 2.05) is 19.2 Å². The molecule has 0 aromatic carbocycles. The first-order valence-corrected chi connectivity index (χ1v) is 8.69. The Morgan fingerprint density at radius 3 is 2.00 bits per heavy atom. The van der Waals surface area contributed by atoms with Crippen LogP contribution in [-0.2, 0) is 23.9 Å². The average Bonchev–Trinajstić information content (AvgIpc) is 2.47. The van der Waals surface area contributed by atoms with Gasteiger partial charge < -0.3 is 14.8 Å². The van der Waals surface area contributed by atoms with Gasteiger partial charge in [0.1, 0.15) is 5.60 Å². The molecule has 0 aliphatic heterocycles. The van der Waals surface area contributed by atoms with Crippen LogP contribution < -0.4 is 5.32 Å². The maximum atomic E-state index is 12.4. The molecular weight excluding hydrogens is 367 g/mol. The van der Waals surface area contributed by atoms with Gasteiger partial charge in [0.2, 0.25) is 0 Å². The minimum atomic E-state index is -4.98. The molecule has 0 aliphatic carbocycles. The SMILES string of the molecule is COC(=O)C[C@@H](CNC(=O)C(F)(F)F)CC(C)(C)CCC(=O)OC(C)(C)C. The van der Waals surface area contributed by atoms with Crippen molar-refractivity contribution in [1.82, 2.24) is 5.32 Å². The molecule has 0 aliphatic rings. The third-order valence-corrected chi connectivity index (χ3v) is 3.76. The molecule has 1 amide bonds. The quantitative estimate of drug-likeness (QED) is 0.603. The summed E-state index contributed by atoms with van der Waals surface area (Å²) in [5.41, 5.74) is -1.06. The highest BCUT2D eigenvalue weighted by atomic mass is 19.4. The first kappa shape index (κ1) is 25.2. The second-order valence-electron chi connectivity index (χ2n) is 8.31. The summed E-state index contributed by atoms with van der Waals surface area (Å²) in [5, 5.41) is 1.81. The standard InChI is InChI=1S/C18H30F3NO5/c1-16(2,3)27-13(23)7-8-17(4,5)10-12(9-14(24)26-6)11-22-15(25)18(19,20)21/h12H,7-11H2,1-6H3,(H,22,25)/t12-/m1/s1. The first-order valence-electron chi connectivity index (χ1n) is 8.69. The monoisotopic (exact) mass is 397 g/mol. The lowest BCUT2D eigenvalue weighted by Crippen LogP contribution is -2.40. The summed E-state index contributed by atoms with van der Waals surface area (Å²) in [6.07, 6.45) is -4.23. The summed E-state index contributed by atoms with van der Waals surface area (Å²) in [6.45, 7) is 8.63. The van der Waals surface area contributed by atoms with Crippen molar-refractivity contribution < 1.29 is 37.0 Å². The fourth-order valence-corrected chi connectivity index (χ4v) is 2.59. The Balaban J connectivity index is 4.83. The molecule has 0 saturated carbocycles. The average molecular weight is 397 g/mol. The van der Waals surface area contributed by atoms with Gasteiger partial charge in [0.05, 0.1) is 13.5 Å². The molecule has 0 aromatic heterocycles. The number of amides is 1. The van der Waals surface area contributed by atoms with Crippen molar-refractivity contribution in [3.63, 3.8) is 0 Å². The van der Waals surface area contributed by atoms with Gasteiger partial charge in [-0.3, -0.25) is 14.4 Å². The van der Waals surface area contributed by atoms with Crippen LogP contribution in [0.1, 0.15) is 60.3 Å².